The molecule has 0 atom stereocenters. The van der Waals surface area contributed by atoms with Crippen molar-refractivity contribution in [1.29, 1.82) is 0 Å². The summed E-state index contributed by atoms with van der Waals surface area (Å²) in [6.07, 6.45) is 8.50. The van der Waals surface area contributed by atoms with Crippen LogP contribution in [0.4, 0.5) is 0 Å². The van der Waals surface area contributed by atoms with Gasteiger partial charge in [0.1, 0.15) is 0 Å². The van der Waals surface area contributed by atoms with Gasteiger partial charge in [-0.25, -0.2) is 0 Å². The number of nitrogens with one attached hydrogen (secondary N) is 1. The van der Waals surface area contributed by atoms with Crippen LogP contribution >= 0.6 is 0 Å². The zero-order chi connectivity index (χ0) is 14.4. The Labute approximate surface area is 122 Å². The molecule has 0 spiro atoms. The number of aromatic nitrogens is 2. The lowest BCUT2D eigenvalue weighted by atomic mass is 9.90. The van der Waals surface area contributed by atoms with Crippen LogP contribution in [0, 0.1) is 5.41 Å². The van der Waals surface area contributed by atoms with Gasteiger partial charge < -0.3 is 10.1 Å². The van der Waals surface area contributed by atoms with Gasteiger partial charge in [0.15, 0.2) is 0 Å². The van der Waals surface area contributed by atoms with E-state index in [4.69, 9.17) is 9.84 Å². The molecule has 1 aromatic heterocycles. The molecule has 0 unspecified atom stereocenters. The molecule has 1 aromatic rings. The maximum Gasteiger partial charge on any atom is 0.0762 e. The van der Waals surface area contributed by atoms with Gasteiger partial charge in [-0.2, -0.15) is 5.10 Å². The first-order valence-corrected chi connectivity index (χ1v) is 7.84. The molecule has 0 aromatic carbocycles. The highest BCUT2D eigenvalue weighted by Crippen LogP contribution is 2.28. The van der Waals surface area contributed by atoms with E-state index in [0.29, 0.717) is 6.04 Å². The monoisotopic (exact) mass is 279 g/mol. The number of rotatable bonds is 8. The number of hydrogen-bond donors (Lipinski definition) is 1. The van der Waals surface area contributed by atoms with Crippen molar-refractivity contribution < 1.29 is 4.74 Å². The number of methoxy groups -OCH3 is 1. The van der Waals surface area contributed by atoms with Gasteiger partial charge in [0.2, 0.25) is 0 Å². The van der Waals surface area contributed by atoms with Crippen molar-refractivity contribution in [1.82, 2.24) is 15.1 Å². The van der Waals surface area contributed by atoms with E-state index in [1.165, 1.54) is 25.7 Å². The minimum Gasteiger partial charge on any atom is -0.385 e. The molecule has 114 valence electrons. The number of nitrogens with zero attached hydrogens (tertiary/aromatic N) is 2. The SMILES string of the molecule is COCCC(C)(C)CNCc1ccn(C2CCCC2)n1. The molecule has 0 amide bonds. The smallest absolute Gasteiger partial charge is 0.0762 e. The van der Waals surface area contributed by atoms with E-state index in [9.17, 15) is 0 Å². The molecule has 4 heteroatoms. The predicted molar refractivity (Wildman–Crippen MR) is 81.7 cm³/mol. The largest absolute Gasteiger partial charge is 0.385 e. The second-order valence-electron chi connectivity index (χ2n) is 6.74. The number of hydrogen-bond acceptors (Lipinski definition) is 3. The van der Waals surface area contributed by atoms with Gasteiger partial charge in [-0.3, -0.25) is 4.68 Å². The fraction of sp³-hybridized carbons (Fsp3) is 0.812. The van der Waals surface area contributed by atoms with Gasteiger partial charge >= 0.3 is 0 Å². The lowest BCUT2D eigenvalue weighted by Crippen LogP contribution is -2.30. The second-order valence-corrected chi connectivity index (χ2v) is 6.74. The van der Waals surface area contributed by atoms with Crippen LogP contribution in [-0.4, -0.2) is 30.0 Å². The van der Waals surface area contributed by atoms with Crippen molar-refractivity contribution in [3.05, 3.63) is 18.0 Å². The molecule has 1 fully saturated rings. The summed E-state index contributed by atoms with van der Waals surface area (Å²) in [5, 5.41) is 8.23. The Bertz CT molecular complexity index is 394. The highest BCUT2D eigenvalue weighted by Gasteiger charge is 2.19. The lowest BCUT2D eigenvalue weighted by molar-refractivity contribution is 0.150. The predicted octanol–water partition coefficient (Wildman–Crippen LogP) is 3.15. The van der Waals surface area contributed by atoms with Crippen molar-refractivity contribution in [2.75, 3.05) is 20.3 Å². The van der Waals surface area contributed by atoms with Gasteiger partial charge in [-0.05, 0) is 30.7 Å². The maximum absolute atomic E-state index is 5.16. The summed E-state index contributed by atoms with van der Waals surface area (Å²) in [4.78, 5) is 0. The Hall–Kier alpha value is -0.870. The molecule has 2 rings (SSSR count). The van der Waals surface area contributed by atoms with Crippen LogP contribution in [0.5, 0.6) is 0 Å². The molecule has 1 aliphatic rings. The third-order valence-electron chi connectivity index (χ3n) is 4.26. The molecule has 20 heavy (non-hydrogen) atoms. The van der Waals surface area contributed by atoms with Crippen LogP contribution in [0.2, 0.25) is 0 Å². The second kappa shape index (κ2) is 7.23. The molecule has 4 nitrogen and oxygen atoms in total. The Kier molecular flexibility index (Phi) is 5.61. The minimum absolute atomic E-state index is 0.268. The van der Waals surface area contributed by atoms with Crippen LogP contribution in [-0.2, 0) is 11.3 Å². The molecule has 1 heterocycles. The molecule has 0 radical (unpaired) electrons. The summed E-state index contributed by atoms with van der Waals surface area (Å²) in [6.45, 7) is 7.22. The van der Waals surface area contributed by atoms with Crippen molar-refractivity contribution in [3.8, 4) is 0 Å². The van der Waals surface area contributed by atoms with Crippen molar-refractivity contribution in [2.24, 2.45) is 5.41 Å². The first-order chi connectivity index (χ1) is 9.61. The van der Waals surface area contributed by atoms with Gasteiger partial charge in [0.25, 0.3) is 0 Å². The molecule has 0 bridgehead atoms. The average molecular weight is 279 g/mol. The van der Waals surface area contributed by atoms with E-state index in [-0.39, 0.29) is 5.41 Å². The van der Waals surface area contributed by atoms with E-state index in [1.54, 1.807) is 7.11 Å². The van der Waals surface area contributed by atoms with Crippen LogP contribution in [0.25, 0.3) is 0 Å². The van der Waals surface area contributed by atoms with Gasteiger partial charge in [0, 0.05) is 33.0 Å². The standard InChI is InChI=1S/C16H29N3O/c1-16(2,9-11-20-3)13-17-12-14-8-10-19(18-14)15-6-4-5-7-15/h8,10,15,17H,4-7,9,11-13H2,1-3H3. The van der Waals surface area contributed by atoms with E-state index < -0.39 is 0 Å². The third-order valence-corrected chi connectivity index (χ3v) is 4.26. The van der Waals surface area contributed by atoms with Gasteiger partial charge in [0.05, 0.1) is 11.7 Å². The highest BCUT2D eigenvalue weighted by atomic mass is 16.5. The minimum atomic E-state index is 0.268. The van der Waals surface area contributed by atoms with E-state index in [1.807, 2.05) is 0 Å². The highest BCUT2D eigenvalue weighted by molar-refractivity contribution is 5.00. The fourth-order valence-electron chi connectivity index (χ4n) is 2.84. The molecule has 0 aliphatic heterocycles. The van der Waals surface area contributed by atoms with E-state index in [2.05, 4.69) is 36.1 Å². The summed E-state index contributed by atoms with van der Waals surface area (Å²) in [7, 11) is 1.76. The summed E-state index contributed by atoms with van der Waals surface area (Å²) in [6, 6.07) is 2.79. The Balaban J connectivity index is 1.74. The van der Waals surface area contributed by atoms with Gasteiger partial charge in [-0.1, -0.05) is 26.7 Å². The van der Waals surface area contributed by atoms with E-state index in [0.717, 1.165) is 31.8 Å². The third kappa shape index (κ3) is 4.60. The van der Waals surface area contributed by atoms with Crippen molar-refractivity contribution >= 4 is 0 Å². The first kappa shape index (κ1) is 15.5. The molecule has 1 aliphatic carbocycles. The topological polar surface area (TPSA) is 39.1 Å². The summed E-state index contributed by atoms with van der Waals surface area (Å²) < 4.78 is 7.33. The molecular weight excluding hydrogens is 250 g/mol. The van der Waals surface area contributed by atoms with Crippen LogP contribution < -0.4 is 5.32 Å². The number of ether oxygens (including phenoxy) is 1. The summed E-state index contributed by atoms with van der Waals surface area (Å²) in [5.41, 5.74) is 1.42. The van der Waals surface area contributed by atoms with Crippen LogP contribution in [0.15, 0.2) is 12.3 Å². The normalized spacial score (nSPS) is 16.9. The summed E-state index contributed by atoms with van der Waals surface area (Å²) >= 11 is 0. The summed E-state index contributed by atoms with van der Waals surface area (Å²) in [5.74, 6) is 0. The van der Waals surface area contributed by atoms with E-state index >= 15 is 0 Å². The first-order valence-electron chi connectivity index (χ1n) is 7.84. The Morgan fingerprint density at radius 2 is 2.15 bits per heavy atom. The molecular formula is C16H29N3O. The lowest BCUT2D eigenvalue weighted by Gasteiger charge is -2.24. The molecule has 0 saturated heterocycles. The Morgan fingerprint density at radius 1 is 1.40 bits per heavy atom. The van der Waals surface area contributed by atoms with Crippen molar-refractivity contribution in [3.63, 3.8) is 0 Å². The maximum atomic E-state index is 5.16. The zero-order valence-corrected chi connectivity index (χ0v) is 13.2. The van der Waals surface area contributed by atoms with Crippen LogP contribution in [0.1, 0.15) is 57.7 Å². The van der Waals surface area contributed by atoms with Crippen LogP contribution in [0.3, 0.4) is 0 Å². The zero-order valence-electron chi connectivity index (χ0n) is 13.2. The molecule has 1 saturated carbocycles. The van der Waals surface area contributed by atoms with Crippen molar-refractivity contribution in [2.45, 2.75) is 58.5 Å². The fourth-order valence-corrected chi connectivity index (χ4v) is 2.84. The van der Waals surface area contributed by atoms with Gasteiger partial charge in [-0.15, -0.1) is 0 Å². The quantitative estimate of drug-likeness (QED) is 0.794. The Morgan fingerprint density at radius 3 is 2.85 bits per heavy atom. The molecule has 1 N–H and O–H groups in total. The average Bonchev–Trinajstić information content (AvgIpc) is 3.06.